The van der Waals surface area contributed by atoms with E-state index < -0.39 is 0 Å². The minimum Gasteiger partial charge on any atom is -0.331 e. The molecule has 0 bridgehead atoms. The molecule has 1 aromatic rings. The van der Waals surface area contributed by atoms with E-state index in [2.05, 4.69) is 28.9 Å². The van der Waals surface area contributed by atoms with Crippen LogP contribution in [-0.2, 0) is 6.42 Å². The number of piperidine rings is 1. The van der Waals surface area contributed by atoms with Crippen LogP contribution in [0.1, 0.15) is 43.2 Å². The second kappa shape index (κ2) is 5.40. The second-order valence-electron chi connectivity index (χ2n) is 4.94. The summed E-state index contributed by atoms with van der Waals surface area (Å²) in [6.45, 7) is 6.74. The van der Waals surface area contributed by atoms with E-state index >= 15 is 0 Å². The van der Waals surface area contributed by atoms with Crippen molar-refractivity contribution in [2.24, 2.45) is 5.92 Å². The zero-order valence-corrected chi connectivity index (χ0v) is 10.4. The van der Waals surface area contributed by atoms with Gasteiger partial charge in [-0.15, -0.1) is 0 Å². The Kier molecular flexibility index (Phi) is 3.89. The Morgan fingerprint density at radius 1 is 1.47 bits per heavy atom. The highest BCUT2D eigenvalue weighted by Crippen LogP contribution is 2.21. The van der Waals surface area contributed by atoms with Gasteiger partial charge in [0, 0.05) is 12.5 Å². The van der Waals surface area contributed by atoms with E-state index in [9.17, 15) is 4.79 Å². The van der Waals surface area contributed by atoms with E-state index in [-0.39, 0.29) is 5.89 Å². The van der Waals surface area contributed by atoms with Crippen molar-refractivity contribution in [3.63, 3.8) is 0 Å². The van der Waals surface area contributed by atoms with Crippen molar-refractivity contribution in [2.45, 2.75) is 39.2 Å². The van der Waals surface area contributed by atoms with Crippen LogP contribution in [0, 0.1) is 5.92 Å². The molecule has 0 unspecified atom stereocenters. The molecule has 2 heterocycles. The number of rotatable bonds is 4. The van der Waals surface area contributed by atoms with Gasteiger partial charge in [0.15, 0.2) is 5.82 Å². The van der Waals surface area contributed by atoms with Crippen LogP contribution >= 0.6 is 0 Å². The molecule has 2 rings (SSSR count). The van der Waals surface area contributed by atoms with Gasteiger partial charge in [0.1, 0.15) is 0 Å². The van der Waals surface area contributed by atoms with Crippen LogP contribution in [0.5, 0.6) is 0 Å². The molecular formula is C12H19N3O2. The number of aldehydes is 1. The molecule has 0 spiro atoms. The molecule has 1 aliphatic rings. The zero-order valence-electron chi connectivity index (χ0n) is 10.4. The van der Waals surface area contributed by atoms with Crippen molar-refractivity contribution in [2.75, 3.05) is 13.1 Å². The summed E-state index contributed by atoms with van der Waals surface area (Å²) in [5.74, 6) is 1.36. The van der Waals surface area contributed by atoms with Crippen molar-refractivity contribution in [3.8, 4) is 0 Å². The summed E-state index contributed by atoms with van der Waals surface area (Å²) in [6.07, 6.45) is 3.76. The van der Waals surface area contributed by atoms with Gasteiger partial charge in [-0.2, -0.15) is 4.98 Å². The normalized spacial score (nSPS) is 18.8. The fourth-order valence-corrected chi connectivity index (χ4v) is 2.33. The Hall–Kier alpha value is -1.23. The summed E-state index contributed by atoms with van der Waals surface area (Å²) in [6, 6.07) is 0.628. The van der Waals surface area contributed by atoms with Crippen LogP contribution in [0.25, 0.3) is 0 Å². The number of carbonyl (C=O) groups excluding carboxylic acids is 1. The first-order valence-corrected chi connectivity index (χ1v) is 6.21. The van der Waals surface area contributed by atoms with E-state index in [1.165, 1.54) is 12.8 Å². The minimum atomic E-state index is 0.0830. The summed E-state index contributed by atoms with van der Waals surface area (Å²) < 4.78 is 4.78. The van der Waals surface area contributed by atoms with Crippen molar-refractivity contribution < 1.29 is 9.32 Å². The van der Waals surface area contributed by atoms with Crippen LogP contribution in [0.3, 0.4) is 0 Å². The van der Waals surface area contributed by atoms with Crippen molar-refractivity contribution in [3.05, 3.63) is 11.7 Å². The molecule has 0 aromatic carbocycles. The van der Waals surface area contributed by atoms with Gasteiger partial charge in [-0.05, 0) is 45.7 Å². The first-order valence-electron chi connectivity index (χ1n) is 6.21. The van der Waals surface area contributed by atoms with E-state index in [0.29, 0.717) is 24.1 Å². The molecular weight excluding hydrogens is 218 g/mol. The molecule has 1 fully saturated rings. The quantitative estimate of drug-likeness (QED) is 0.743. The number of nitrogens with zero attached hydrogens (tertiary/aromatic N) is 3. The highest BCUT2D eigenvalue weighted by atomic mass is 16.5. The van der Waals surface area contributed by atoms with Crippen molar-refractivity contribution >= 4 is 6.29 Å². The van der Waals surface area contributed by atoms with Crippen LogP contribution in [0.4, 0.5) is 0 Å². The molecule has 0 atom stereocenters. The molecule has 0 amide bonds. The van der Waals surface area contributed by atoms with Gasteiger partial charge < -0.3 is 9.42 Å². The summed E-state index contributed by atoms with van der Waals surface area (Å²) in [5, 5.41) is 3.80. The minimum absolute atomic E-state index is 0.0830. The summed E-state index contributed by atoms with van der Waals surface area (Å²) in [4.78, 5) is 16.9. The van der Waals surface area contributed by atoms with E-state index in [4.69, 9.17) is 4.52 Å². The molecule has 17 heavy (non-hydrogen) atoms. The molecule has 1 saturated heterocycles. The van der Waals surface area contributed by atoms with Crippen molar-refractivity contribution in [1.29, 1.82) is 0 Å². The van der Waals surface area contributed by atoms with Crippen LogP contribution in [0.2, 0.25) is 0 Å². The maximum absolute atomic E-state index is 10.4. The fraction of sp³-hybridized carbons (Fsp3) is 0.750. The standard InChI is InChI=1S/C12H19N3O2/c1-9(2)15-5-3-10(4-6-15)7-11-13-12(8-16)17-14-11/h8-10H,3-7H2,1-2H3. The molecule has 5 nitrogen and oxygen atoms in total. The molecule has 94 valence electrons. The van der Waals surface area contributed by atoms with Gasteiger partial charge in [-0.25, -0.2) is 0 Å². The van der Waals surface area contributed by atoms with Crippen LogP contribution in [-0.4, -0.2) is 40.5 Å². The predicted molar refractivity (Wildman–Crippen MR) is 62.8 cm³/mol. The number of aromatic nitrogens is 2. The lowest BCUT2D eigenvalue weighted by Crippen LogP contribution is -2.38. The largest absolute Gasteiger partial charge is 0.331 e. The van der Waals surface area contributed by atoms with Gasteiger partial charge in [-0.1, -0.05) is 5.16 Å². The van der Waals surface area contributed by atoms with Crippen molar-refractivity contribution in [1.82, 2.24) is 15.0 Å². The topological polar surface area (TPSA) is 59.2 Å². The molecule has 0 aliphatic carbocycles. The number of likely N-dealkylation sites (tertiary alicyclic amines) is 1. The molecule has 1 aromatic heterocycles. The van der Waals surface area contributed by atoms with Gasteiger partial charge in [-0.3, -0.25) is 4.79 Å². The molecule has 0 radical (unpaired) electrons. The number of hydrogen-bond acceptors (Lipinski definition) is 5. The lowest BCUT2D eigenvalue weighted by molar-refractivity contribution is 0.108. The van der Waals surface area contributed by atoms with E-state index in [0.717, 1.165) is 19.5 Å². The monoisotopic (exact) mass is 237 g/mol. The maximum Gasteiger partial charge on any atom is 0.290 e. The lowest BCUT2D eigenvalue weighted by atomic mass is 9.93. The number of carbonyl (C=O) groups is 1. The van der Waals surface area contributed by atoms with Gasteiger partial charge in [0.05, 0.1) is 0 Å². The Labute approximate surface area is 101 Å². The first-order chi connectivity index (χ1) is 8.19. The van der Waals surface area contributed by atoms with E-state index in [1.54, 1.807) is 0 Å². The maximum atomic E-state index is 10.4. The van der Waals surface area contributed by atoms with E-state index in [1.807, 2.05) is 0 Å². The summed E-state index contributed by atoms with van der Waals surface area (Å²) in [7, 11) is 0. The zero-order chi connectivity index (χ0) is 12.3. The van der Waals surface area contributed by atoms with Gasteiger partial charge >= 0.3 is 0 Å². The Morgan fingerprint density at radius 3 is 2.71 bits per heavy atom. The van der Waals surface area contributed by atoms with Gasteiger partial charge in [0.2, 0.25) is 6.29 Å². The third kappa shape index (κ3) is 3.12. The molecule has 5 heteroatoms. The molecule has 0 N–H and O–H groups in total. The second-order valence-corrected chi connectivity index (χ2v) is 4.94. The third-order valence-corrected chi connectivity index (χ3v) is 3.44. The molecule has 1 aliphatic heterocycles. The predicted octanol–water partition coefficient (Wildman–Crippen LogP) is 1.54. The molecule has 0 saturated carbocycles. The Bertz CT molecular complexity index is 368. The Morgan fingerprint density at radius 2 is 2.18 bits per heavy atom. The fourth-order valence-electron chi connectivity index (χ4n) is 2.33. The van der Waals surface area contributed by atoms with Gasteiger partial charge in [0.25, 0.3) is 5.89 Å². The van der Waals surface area contributed by atoms with Crippen LogP contribution < -0.4 is 0 Å². The SMILES string of the molecule is CC(C)N1CCC(Cc2noc(C=O)n2)CC1. The third-order valence-electron chi connectivity index (χ3n) is 3.44. The average Bonchev–Trinajstić information content (AvgIpc) is 2.77. The lowest BCUT2D eigenvalue weighted by Gasteiger charge is -2.34. The highest BCUT2D eigenvalue weighted by Gasteiger charge is 2.22. The highest BCUT2D eigenvalue weighted by molar-refractivity contribution is 5.66. The average molecular weight is 237 g/mol. The first kappa shape index (κ1) is 12.2. The summed E-state index contributed by atoms with van der Waals surface area (Å²) in [5.41, 5.74) is 0. The Balaban J connectivity index is 1.83. The summed E-state index contributed by atoms with van der Waals surface area (Å²) >= 11 is 0. The van der Waals surface area contributed by atoms with Crippen LogP contribution in [0.15, 0.2) is 4.52 Å². The smallest absolute Gasteiger partial charge is 0.290 e. The number of hydrogen-bond donors (Lipinski definition) is 0.